The van der Waals surface area contributed by atoms with Crippen LogP contribution in [-0.4, -0.2) is 45.9 Å². The number of hydrogen-bond acceptors (Lipinski definition) is 5. The van der Waals surface area contributed by atoms with E-state index in [-0.39, 0.29) is 29.4 Å². The lowest BCUT2D eigenvalue weighted by Gasteiger charge is -2.38. The highest BCUT2D eigenvalue weighted by atomic mass is 35.5. The van der Waals surface area contributed by atoms with Crippen LogP contribution in [-0.2, 0) is 4.84 Å². The molecule has 146 valence electrons. The van der Waals surface area contributed by atoms with E-state index in [0.717, 1.165) is 29.1 Å². The summed E-state index contributed by atoms with van der Waals surface area (Å²) in [7, 11) is 0. The molecule has 0 spiro atoms. The van der Waals surface area contributed by atoms with Crippen molar-refractivity contribution < 1.29 is 14.4 Å². The Bertz CT molecular complexity index is 945. The van der Waals surface area contributed by atoms with Crippen molar-refractivity contribution in [1.29, 1.82) is 0 Å². The molecule has 28 heavy (non-hydrogen) atoms. The summed E-state index contributed by atoms with van der Waals surface area (Å²) < 4.78 is 0. The number of halogens is 1. The molecule has 1 saturated heterocycles. The second-order valence-corrected chi connectivity index (χ2v) is 8.32. The topological polar surface area (TPSA) is 101 Å². The van der Waals surface area contributed by atoms with E-state index in [0.29, 0.717) is 11.6 Å². The SMILES string of the molecule is N/C(=N\OC(=O)c1cc(Cl)c[nH]1)[C@H]1CC[C@H]2CSc3ccccc3C(=O)N2C1. The quantitative estimate of drug-likeness (QED) is 0.345. The number of nitrogens with zero attached hydrogens (tertiary/aromatic N) is 2. The number of amidine groups is 1. The number of hydrogen-bond donors (Lipinski definition) is 2. The van der Waals surface area contributed by atoms with Gasteiger partial charge in [0.25, 0.3) is 5.91 Å². The van der Waals surface area contributed by atoms with Gasteiger partial charge in [-0.1, -0.05) is 28.9 Å². The molecule has 2 aliphatic heterocycles. The Morgan fingerprint density at radius 2 is 2.18 bits per heavy atom. The molecule has 7 nitrogen and oxygen atoms in total. The molecule has 2 aliphatic rings. The van der Waals surface area contributed by atoms with Gasteiger partial charge < -0.3 is 20.5 Å². The van der Waals surface area contributed by atoms with Gasteiger partial charge in [-0.05, 0) is 31.0 Å². The lowest BCUT2D eigenvalue weighted by atomic mass is 9.92. The Balaban J connectivity index is 1.46. The summed E-state index contributed by atoms with van der Waals surface area (Å²) in [4.78, 5) is 35.5. The van der Waals surface area contributed by atoms with Crippen molar-refractivity contribution in [2.75, 3.05) is 12.3 Å². The summed E-state index contributed by atoms with van der Waals surface area (Å²) >= 11 is 7.49. The van der Waals surface area contributed by atoms with Crippen LogP contribution in [0.3, 0.4) is 0 Å². The minimum Gasteiger partial charge on any atom is -0.384 e. The number of benzene rings is 1. The zero-order valence-corrected chi connectivity index (χ0v) is 16.5. The van der Waals surface area contributed by atoms with E-state index in [4.69, 9.17) is 22.2 Å². The molecule has 0 saturated carbocycles. The molecule has 9 heteroatoms. The lowest BCUT2D eigenvalue weighted by Crippen LogP contribution is -2.50. The molecule has 3 N–H and O–H groups in total. The molecule has 1 aromatic heterocycles. The van der Waals surface area contributed by atoms with Crippen LogP contribution in [0, 0.1) is 5.92 Å². The van der Waals surface area contributed by atoms with Gasteiger partial charge in [0, 0.05) is 35.3 Å². The normalized spacial score (nSPS) is 22.2. The first-order valence-corrected chi connectivity index (χ1v) is 10.3. The first-order chi connectivity index (χ1) is 13.5. The van der Waals surface area contributed by atoms with Crippen LogP contribution in [0.4, 0.5) is 0 Å². The minimum absolute atomic E-state index is 0.0149. The van der Waals surface area contributed by atoms with E-state index in [1.54, 1.807) is 11.8 Å². The maximum absolute atomic E-state index is 13.0. The average Bonchev–Trinajstić information content (AvgIpc) is 3.10. The predicted molar refractivity (Wildman–Crippen MR) is 108 cm³/mol. The van der Waals surface area contributed by atoms with Gasteiger partial charge in [-0.15, -0.1) is 11.8 Å². The number of carbonyl (C=O) groups is 2. The number of thioether (sulfide) groups is 1. The molecular weight excluding hydrogens is 400 g/mol. The summed E-state index contributed by atoms with van der Waals surface area (Å²) in [5.74, 6) is 0.258. The van der Waals surface area contributed by atoms with E-state index in [1.807, 2.05) is 29.2 Å². The number of fused-ring (bicyclic) bond motifs is 2. The van der Waals surface area contributed by atoms with Gasteiger partial charge in [0.2, 0.25) is 0 Å². The maximum atomic E-state index is 13.0. The van der Waals surface area contributed by atoms with Gasteiger partial charge in [-0.2, -0.15) is 0 Å². The second-order valence-electron chi connectivity index (χ2n) is 6.82. The largest absolute Gasteiger partial charge is 0.384 e. The fraction of sp³-hybridized carbons (Fsp3) is 0.316. The van der Waals surface area contributed by atoms with Crippen molar-refractivity contribution in [3.8, 4) is 0 Å². The summed E-state index contributed by atoms with van der Waals surface area (Å²) in [5, 5.41) is 4.21. The molecule has 3 heterocycles. The van der Waals surface area contributed by atoms with E-state index < -0.39 is 5.97 Å². The van der Waals surface area contributed by atoms with Crippen molar-refractivity contribution in [3.05, 3.63) is 52.8 Å². The van der Waals surface area contributed by atoms with Crippen molar-refractivity contribution in [2.24, 2.45) is 16.8 Å². The third-order valence-electron chi connectivity index (χ3n) is 5.04. The monoisotopic (exact) mass is 418 g/mol. The molecule has 1 aromatic carbocycles. The van der Waals surface area contributed by atoms with E-state index in [1.165, 1.54) is 12.3 Å². The number of H-pyrrole nitrogens is 1. The number of rotatable bonds is 3. The van der Waals surface area contributed by atoms with Crippen molar-refractivity contribution in [3.63, 3.8) is 0 Å². The molecule has 0 bridgehead atoms. The van der Waals surface area contributed by atoms with Gasteiger partial charge >= 0.3 is 5.97 Å². The Kier molecular flexibility index (Phi) is 5.32. The van der Waals surface area contributed by atoms with Crippen LogP contribution < -0.4 is 5.73 Å². The summed E-state index contributed by atoms with van der Waals surface area (Å²) in [6.45, 7) is 0.458. The molecule has 0 aliphatic carbocycles. The third-order valence-corrected chi connectivity index (χ3v) is 6.47. The summed E-state index contributed by atoms with van der Waals surface area (Å²) in [6, 6.07) is 9.28. The number of piperidine rings is 1. The Labute approximate surface area is 171 Å². The van der Waals surface area contributed by atoms with Crippen LogP contribution in [0.25, 0.3) is 0 Å². The summed E-state index contributed by atoms with van der Waals surface area (Å²) in [5.41, 5.74) is 6.99. The zero-order chi connectivity index (χ0) is 19.7. The van der Waals surface area contributed by atoms with Crippen LogP contribution in [0.15, 0.2) is 46.6 Å². The molecule has 0 radical (unpaired) electrons. The van der Waals surface area contributed by atoms with E-state index in [2.05, 4.69) is 10.1 Å². The van der Waals surface area contributed by atoms with Gasteiger partial charge in [0.1, 0.15) is 11.5 Å². The first kappa shape index (κ1) is 18.9. The first-order valence-electron chi connectivity index (χ1n) is 8.94. The smallest absolute Gasteiger partial charge is 0.381 e. The molecule has 1 fully saturated rings. The van der Waals surface area contributed by atoms with Crippen molar-refractivity contribution in [1.82, 2.24) is 9.88 Å². The van der Waals surface area contributed by atoms with Gasteiger partial charge in [0.05, 0.1) is 10.6 Å². The van der Waals surface area contributed by atoms with Crippen LogP contribution in [0.2, 0.25) is 5.02 Å². The fourth-order valence-corrected chi connectivity index (χ4v) is 4.87. The number of nitrogens with one attached hydrogen (secondary N) is 1. The van der Waals surface area contributed by atoms with E-state index in [9.17, 15) is 9.59 Å². The van der Waals surface area contributed by atoms with Crippen molar-refractivity contribution in [2.45, 2.75) is 23.8 Å². The number of amides is 1. The highest BCUT2D eigenvalue weighted by Gasteiger charge is 2.36. The second kappa shape index (κ2) is 7.89. The summed E-state index contributed by atoms with van der Waals surface area (Å²) in [6.07, 6.45) is 3.09. The molecule has 0 unspecified atom stereocenters. The third kappa shape index (κ3) is 3.74. The van der Waals surface area contributed by atoms with Crippen LogP contribution >= 0.6 is 23.4 Å². The number of carbonyl (C=O) groups excluding carboxylic acids is 2. The molecule has 4 rings (SSSR count). The predicted octanol–water partition coefficient (Wildman–Crippen LogP) is 3.12. The highest BCUT2D eigenvalue weighted by Crippen LogP contribution is 2.34. The van der Waals surface area contributed by atoms with Crippen LogP contribution in [0.1, 0.15) is 33.7 Å². The lowest BCUT2D eigenvalue weighted by molar-refractivity contribution is 0.0494. The fourth-order valence-electron chi connectivity index (χ4n) is 3.50. The minimum atomic E-state index is -0.667. The van der Waals surface area contributed by atoms with Gasteiger partial charge in [-0.3, -0.25) is 4.79 Å². The number of aromatic nitrogens is 1. The molecule has 1 amide bonds. The number of nitrogens with two attached hydrogens (primary N) is 1. The number of oxime groups is 1. The highest BCUT2D eigenvalue weighted by molar-refractivity contribution is 7.99. The Morgan fingerprint density at radius 3 is 2.96 bits per heavy atom. The standard InChI is InChI=1S/C19H19ClN4O3S/c20-12-7-15(22-8-12)19(26)27-23-17(21)11-5-6-13-10-28-16-4-2-1-3-14(16)18(25)24(13)9-11/h1-4,7-8,11,13,22H,5-6,9-10H2,(H2,21,23)/t11-,13-/m0/s1. The molecular formula is C19H19ClN4O3S. The van der Waals surface area contributed by atoms with Crippen molar-refractivity contribution >= 4 is 41.1 Å². The molecule has 2 aromatic rings. The number of aromatic amines is 1. The average molecular weight is 419 g/mol. The Morgan fingerprint density at radius 1 is 1.36 bits per heavy atom. The van der Waals surface area contributed by atoms with Gasteiger partial charge in [0.15, 0.2) is 0 Å². The zero-order valence-electron chi connectivity index (χ0n) is 14.9. The Hall–Kier alpha value is -2.45. The van der Waals surface area contributed by atoms with Gasteiger partial charge in [-0.25, -0.2) is 4.79 Å². The van der Waals surface area contributed by atoms with E-state index >= 15 is 0 Å². The van der Waals surface area contributed by atoms with Crippen LogP contribution in [0.5, 0.6) is 0 Å². The maximum Gasteiger partial charge on any atom is 0.381 e. The molecule has 2 atom stereocenters.